The molecule has 1 aliphatic heterocycles. The number of para-hydroxylation sites is 1. The van der Waals surface area contributed by atoms with Gasteiger partial charge in [0.15, 0.2) is 9.84 Å². The van der Waals surface area contributed by atoms with E-state index in [1.54, 1.807) is 25.6 Å². The van der Waals surface area contributed by atoms with E-state index >= 15 is 0 Å². The Hall–Kier alpha value is -0.720. The molecule has 0 amide bonds. The second-order valence-corrected chi connectivity index (χ2v) is 8.51. The molecule has 1 saturated heterocycles. The molecule has 1 aliphatic rings. The fourth-order valence-corrected chi connectivity index (χ4v) is 5.43. The fourth-order valence-electron chi connectivity index (χ4n) is 2.45. The van der Waals surface area contributed by atoms with Gasteiger partial charge in [-0.15, -0.1) is 0 Å². The van der Waals surface area contributed by atoms with Crippen LogP contribution >= 0.6 is 11.8 Å². The highest BCUT2D eigenvalue weighted by Crippen LogP contribution is 2.32. The highest BCUT2D eigenvalue weighted by molar-refractivity contribution is 8.01. The van der Waals surface area contributed by atoms with Crippen molar-refractivity contribution in [1.29, 1.82) is 0 Å². The third-order valence-corrected chi connectivity index (χ3v) is 6.89. The van der Waals surface area contributed by atoms with Crippen molar-refractivity contribution in [2.45, 2.75) is 25.3 Å². The Morgan fingerprint density at radius 1 is 1.45 bits per heavy atom. The van der Waals surface area contributed by atoms with Crippen molar-refractivity contribution in [3.05, 3.63) is 29.8 Å². The molecule has 4 nitrogen and oxygen atoms in total. The van der Waals surface area contributed by atoms with Gasteiger partial charge in [-0.25, -0.2) is 8.42 Å². The molecular formula is C14H21NO3S2. The van der Waals surface area contributed by atoms with Crippen LogP contribution in [-0.2, 0) is 9.84 Å². The van der Waals surface area contributed by atoms with Crippen molar-refractivity contribution in [3.63, 3.8) is 0 Å². The van der Waals surface area contributed by atoms with Gasteiger partial charge in [-0.05, 0) is 13.0 Å². The smallest absolute Gasteiger partial charge is 0.171 e. The number of thioether (sulfide) groups is 1. The van der Waals surface area contributed by atoms with Gasteiger partial charge in [-0.2, -0.15) is 11.8 Å². The van der Waals surface area contributed by atoms with Gasteiger partial charge >= 0.3 is 0 Å². The molecule has 0 bridgehead atoms. The van der Waals surface area contributed by atoms with E-state index in [2.05, 4.69) is 0 Å². The maximum absolute atomic E-state index is 12.3. The molecule has 20 heavy (non-hydrogen) atoms. The third-order valence-electron chi connectivity index (χ3n) is 3.60. The Bertz CT molecular complexity index is 557. The van der Waals surface area contributed by atoms with E-state index in [0.29, 0.717) is 12.3 Å². The molecule has 1 aromatic rings. The number of sulfone groups is 1. The maximum atomic E-state index is 12.3. The first-order chi connectivity index (χ1) is 9.47. The largest absolute Gasteiger partial charge is 0.389 e. The van der Waals surface area contributed by atoms with Crippen LogP contribution in [0.1, 0.15) is 25.5 Å². The molecule has 2 rings (SSSR count). The van der Waals surface area contributed by atoms with Gasteiger partial charge in [-0.1, -0.05) is 25.1 Å². The first-order valence-electron chi connectivity index (χ1n) is 6.80. The van der Waals surface area contributed by atoms with Crippen molar-refractivity contribution in [3.8, 4) is 0 Å². The summed E-state index contributed by atoms with van der Waals surface area (Å²) in [6.45, 7) is 4.09. The lowest BCUT2D eigenvalue weighted by molar-refractivity contribution is 0.199. The lowest BCUT2D eigenvalue weighted by atomic mass is 10.1. The number of hydrogen-bond acceptors (Lipinski definition) is 5. The fraction of sp³-hybridized carbons (Fsp3) is 0.571. The molecule has 2 atom stereocenters. The van der Waals surface area contributed by atoms with Gasteiger partial charge in [-0.3, -0.25) is 0 Å². The van der Waals surface area contributed by atoms with Gasteiger partial charge in [0, 0.05) is 35.1 Å². The molecule has 112 valence electrons. The van der Waals surface area contributed by atoms with E-state index in [4.69, 9.17) is 0 Å². The summed E-state index contributed by atoms with van der Waals surface area (Å²) in [5.74, 6) is 1.64. The first kappa shape index (κ1) is 15.7. The molecule has 1 heterocycles. The summed E-state index contributed by atoms with van der Waals surface area (Å²) in [4.78, 5) is 1.94. The molecule has 0 saturated carbocycles. The van der Waals surface area contributed by atoms with E-state index in [9.17, 15) is 13.5 Å². The molecule has 0 aromatic heterocycles. The number of aliphatic hydroxyl groups excluding tert-OH is 1. The molecule has 1 fully saturated rings. The average Bonchev–Trinajstić information content (AvgIpc) is 2.47. The maximum Gasteiger partial charge on any atom is 0.171 e. The molecule has 2 unspecified atom stereocenters. The lowest BCUT2D eigenvalue weighted by Gasteiger charge is -2.37. The second kappa shape index (κ2) is 6.37. The predicted molar refractivity (Wildman–Crippen MR) is 85.0 cm³/mol. The topological polar surface area (TPSA) is 57.6 Å². The van der Waals surface area contributed by atoms with E-state index in [0.717, 1.165) is 17.0 Å². The zero-order valence-electron chi connectivity index (χ0n) is 11.8. The molecule has 6 heteroatoms. The van der Waals surface area contributed by atoms with Crippen molar-refractivity contribution < 1.29 is 13.5 Å². The Morgan fingerprint density at radius 3 is 2.80 bits per heavy atom. The van der Waals surface area contributed by atoms with Crippen molar-refractivity contribution >= 4 is 27.3 Å². The molecule has 1 N–H and O–H groups in total. The Morgan fingerprint density at radius 2 is 2.15 bits per heavy atom. The minimum atomic E-state index is -3.14. The summed E-state index contributed by atoms with van der Waals surface area (Å²) in [7, 11) is -3.14. The van der Waals surface area contributed by atoms with Gasteiger partial charge in [0.2, 0.25) is 0 Å². The normalized spacial score (nSPS) is 21.8. The van der Waals surface area contributed by atoms with Gasteiger partial charge < -0.3 is 10.0 Å². The predicted octanol–water partition coefficient (Wildman–Crippen LogP) is 2.05. The molecule has 0 radical (unpaired) electrons. The van der Waals surface area contributed by atoms with Crippen LogP contribution in [0.4, 0.5) is 5.69 Å². The quantitative estimate of drug-likeness (QED) is 0.921. The van der Waals surface area contributed by atoms with Crippen molar-refractivity contribution in [1.82, 2.24) is 0 Å². The SMILES string of the molecule is CCS(=O)(=O)C1CSCCN1c1ccccc1C(C)O. The number of anilines is 1. The minimum Gasteiger partial charge on any atom is -0.389 e. The summed E-state index contributed by atoms with van der Waals surface area (Å²) in [5.41, 5.74) is 1.63. The Kier molecular flexibility index (Phi) is 4.99. The van der Waals surface area contributed by atoms with Crippen LogP contribution in [0.15, 0.2) is 24.3 Å². The van der Waals surface area contributed by atoms with E-state index in [1.807, 2.05) is 29.2 Å². The molecular weight excluding hydrogens is 294 g/mol. The van der Waals surface area contributed by atoms with E-state index in [1.165, 1.54) is 0 Å². The summed E-state index contributed by atoms with van der Waals surface area (Å²) in [5, 5.41) is 9.41. The summed E-state index contributed by atoms with van der Waals surface area (Å²) >= 11 is 1.67. The molecule has 0 spiro atoms. The second-order valence-electron chi connectivity index (χ2n) is 4.91. The number of aliphatic hydroxyl groups is 1. The molecule has 1 aromatic carbocycles. The van der Waals surface area contributed by atoms with Crippen LogP contribution in [0.3, 0.4) is 0 Å². The van der Waals surface area contributed by atoms with Gasteiger partial charge in [0.25, 0.3) is 0 Å². The highest BCUT2D eigenvalue weighted by atomic mass is 32.2. The minimum absolute atomic E-state index is 0.144. The lowest BCUT2D eigenvalue weighted by Crippen LogP contribution is -2.48. The third kappa shape index (κ3) is 3.13. The van der Waals surface area contributed by atoms with Crippen LogP contribution in [-0.4, -0.2) is 42.7 Å². The van der Waals surface area contributed by atoms with Crippen LogP contribution < -0.4 is 4.90 Å². The Labute approximate surface area is 125 Å². The number of rotatable bonds is 4. The summed E-state index contributed by atoms with van der Waals surface area (Å²) < 4.78 is 24.6. The standard InChI is InChI=1S/C14H21NO3S2/c1-3-20(17,18)14-10-19-9-8-15(14)13-7-5-4-6-12(13)11(2)16/h4-7,11,14,16H,3,8-10H2,1-2H3. The zero-order valence-corrected chi connectivity index (χ0v) is 13.5. The van der Waals surface area contributed by atoms with Crippen molar-refractivity contribution in [2.24, 2.45) is 0 Å². The number of nitrogens with zero attached hydrogens (tertiary/aromatic N) is 1. The van der Waals surface area contributed by atoms with Crippen LogP contribution in [0.5, 0.6) is 0 Å². The van der Waals surface area contributed by atoms with Crippen LogP contribution in [0, 0.1) is 0 Å². The first-order valence-corrected chi connectivity index (χ1v) is 9.67. The molecule has 0 aliphatic carbocycles. The average molecular weight is 315 g/mol. The van der Waals surface area contributed by atoms with E-state index < -0.39 is 21.3 Å². The van der Waals surface area contributed by atoms with Gasteiger partial charge in [0.05, 0.1) is 6.10 Å². The zero-order chi connectivity index (χ0) is 14.8. The summed E-state index contributed by atoms with van der Waals surface area (Å²) in [6, 6.07) is 7.51. The number of hydrogen-bond donors (Lipinski definition) is 1. The highest BCUT2D eigenvalue weighted by Gasteiger charge is 2.34. The number of benzene rings is 1. The van der Waals surface area contributed by atoms with Gasteiger partial charge in [0.1, 0.15) is 5.37 Å². The van der Waals surface area contributed by atoms with Crippen molar-refractivity contribution in [2.75, 3.05) is 28.7 Å². The van der Waals surface area contributed by atoms with Crippen LogP contribution in [0.2, 0.25) is 0 Å². The van der Waals surface area contributed by atoms with Crippen LogP contribution in [0.25, 0.3) is 0 Å². The summed E-state index contributed by atoms with van der Waals surface area (Å²) in [6.07, 6.45) is -0.606. The van der Waals surface area contributed by atoms with E-state index in [-0.39, 0.29) is 5.75 Å². The Balaban J connectivity index is 2.43. The monoisotopic (exact) mass is 315 g/mol.